The largest absolute Gasteiger partial charge is 0.457 e. The number of allylic oxidation sites excluding steroid dienone is 1. The van der Waals surface area contributed by atoms with Crippen LogP contribution in [0.15, 0.2) is 84.6 Å². The van der Waals surface area contributed by atoms with E-state index in [1.54, 1.807) is 37.3 Å². The molecule has 1 fully saturated rings. The molecule has 1 N–H and O–H groups in total. The van der Waals surface area contributed by atoms with Crippen LogP contribution in [-0.4, -0.2) is 18.0 Å². The molecule has 35 heavy (non-hydrogen) atoms. The van der Waals surface area contributed by atoms with Crippen LogP contribution < -0.4 is 5.32 Å². The molecule has 1 aliphatic rings. The molecule has 1 saturated carbocycles. The summed E-state index contributed by atoms with van der Waals surface area (Å²) in [4.78, 5) is 25.8. The van der Waals surface area contributed by atoms with Gasteiger partial charge in [-0.15, -0.1) is 0 Å². The molecule has 0 bridgehead atoms. The zero-order valence-electron chi connectivity index (χ0n) is 21.1. The summed E-state index contributed by atoms with van der Waals surface area (Å²) in [6, 6.07) is 23.9. The molecule has 4 heteroatoms. The summed E-state index contributed by atoms with van der Waals surface area (Å²) in [6.07, 6.45) is 4.30. The number of ether oxygens (including phenoxy) is 1. The lowest BCUT2D eigenvalue weighted by Gasteiger charge is -2.44. The van der Waals surface area contributed by atoms with Crippen molar-refractivity contribution in [3.05, 3.63) is 95.7 Å². The van der Waals surface area contributed by atoms with E-state index < -0.39 is 5.97 Å². The van der Waals surface area contributed by atoms with Crippen molar-refractivity contribution in [2.24, 2.45) is 11.8 Å². The van der Waals surface area contributed by atoms with Gasteiger partial charge >= 0.3 is 5.97 Å². The Balaban J connectivity index is 1.54. The van der Waals surface area contributed by atoms with Gasteiger partial charge < -0.3 is 10.1 Å². The van der Waals surface area contributed by atoms with Gasteiger partial charge in [0.1, 0.15) is 11.8 Å². The number of carbonyl (C=O) groups excluding carboxylic acids is 2. The van der Waals surface area contributed by atoms with Crippen molar-refractivity contribution in [1.29, 1.82) is 0 Å². The van der Waals surface area contributed by atoms with E-state index in [2.05, 4.69) is 68.6 Å². The summed E-state index contributed by atoms with van der Waals surface area (Å²) >= 11 is 0. The summed E-state index contributed by atoms with van der Waals surface area (Å²) < 4.78 is 6.14. The predicted octanol–water partition coefficient (Wildman–Crippen LogP) is 6.80. The minimum absolute atomic E-state index is 0.173. The zero-order valence-corrected chi connectivity index (χ0v) is 21.1. The van der Waals surface area contributed by atoms with E-state index in [-0.39, 0.29) is 29.0 Å². The third-order valence-corrected chi connectivity index (χ3v) is 7.53. The fourth-order valence-corrected chi connectivity index (χ4v) is 5.31. The van der Waals surface area contributed by atoms with Crippen LogP contribution in [0.3, 0.4) is 0 Å². The molecule has 1 amide bonds. The first kappa shape index (κ1) is 24.7. The molecule has 0 unspecified atom stereocenters. The second-order valence-electron chi connectivity index (χ2n) is 10.3. The predicted molar refractivity (Wildman–Crippen MR) is 141 cm³/mol. The first-order valence-electron chi connectivity index (χ1n) is 12.5. The highest BCUT2D eigenvalue weighted by Crippen LogP contribution is 2.44. The summed E-state index contributed by atoms with van der Waals surface area (Å²) in [5.74, 6) is -0.146. The van der Waals surface area contributed by atoms with E-state index in [1.165, 1.54) is 16.3 Å². The molecule has 0 radical (unpaired) electrons. The molecule has 4 nitrogen and oxygen atoms in total. The van der Waals surface area contributed by atoms with Gasteiger partial charge in [-0.1, -0.05) is 93.9 Å². The highest BCUT2D eigenvalue weighted by molar-refractivity contribution is 6.01. The average Bonchev–Trinajstić information content (AvgIpc) is 2.87. The minimum Gasteiger partial charge on any atom is -0.457 e. The van der Waals surface area contributed by atoms with Gasteiger partial charge in [-0.2, -0.15) is 0 Å². The van der Waals surface area contributed by atoms with E-state index in [9.17, 15) is 9.59 Å². The number of amides is 1. The standard InChI is InChI=1S/C31H35NO3/c1-5-27(32-29(33)23-12-7-6-8-13-23)30(34)35-28-19-21(2)15-18-26(28)31(3,4)25-17-16-22-11-9-10-14-24(22)20-25/h5-14,16-17,20-21,26,28H,15,18-19H2,1-4H3,(H,32,33)/b27-5+/t21-,26-,28-/m1/s1. The smallest absolute Gasteiger partial charge is 0.354 e. The van der Waals surface area contributed by atoms with Crippen LogP contribution in [0.5, 0.6) is 0 Å². The molecule has 182 valence electrons. The van der Waals surface area contributed by atoms with Gasteiger partial charge in [0, 0.05) is 11.5 Å². The second-order valence-corrected chi connectivity index (χ2v) is 10.3. The highest BCUT2D eigenvalue weighted by atomic mass is 16.5. The lowest BCUT2D eigenvalue weighted by molar-refractivity contribution is -0.152. The Labute approximate surface area is 208 Å². The summed E-state index contributed by atoms with van der Waals surface area (Å²) in [6.45, 7) is 8.47. The maximum atomic E-state index is 13.2. The zero-order chi connectivity index (χ0) is 25.0. The van der Waals surface area contributed by atoms with Crippen LogP contribution in [-0.2, 0) is 14.9 Å². The molecule has 3 atom stereocenters. The molecule has 0 heterocycles. The van der Waals surface area contributed by atoms with Crippen molar-refractivity contribution in [2.75, 3.05) is 0 Å². The van der Waals surface area contributed by atoms with Gasteiger partial charge in [0.25, 0.3) is 5.91 Å². The maximum Gasteiger partial charge on any atom is 0.354 e. The topological polar surface area (TPSA) is 55.4 Å². The Morgan fingerprint density at radius 3 is 2.34 bits per heavy atom. The maximum absolute atomic E-state index is 13.2. The Kier molecular flexibility index (Phi) is 7.39. The summed E-state index contributed by atoms with van der Waals surface area (Å²) in [5.41, 5.74) is 1.75. The van der Waals surface area contributed by atoms with Crippen LogP contribution in [0, 0.1) is 11.8 Å². The van der Waals surface area contributed by atoms with Crippen LogP contribution in [0.1, 0.15) is 62.9 Å². The van der Waals surface area contributed by atoms with E-state index in [4.69, 9.17) is 4.74 Å². The number of esters is 1. The van der Waals surface area contributed by atoms with Crippen molar-refractivity contribution in [3.63, 3.8) is 0 Å². The molecule has 4 rings (SSSR count). The Hall–Kier alpha value is -3.40. The molecular weight excluding hydrogens is 434 g/mol. The van der Waals surface area contributed by atoms with E-state index in [0.29, 0.717) is 11.5 Å². The fraction of sp³-hybridized carbons (Fsp3) is 0.355. The second kappa shape index (κ2) is 10.5. The monoisotopic (exact) mass is 469 g/mol. The molecular formula is C31H35NO3. The fourth-order valence-electron chi connectivity index (χ4n) is 5.31. The number of rotatable bonds is 6. The Morgan fingerprint density at radius 2 is 1.63 bits per heavy atom. The number of benzene rings is 3. The Bertz CT molecular complexity index is 1230. The highest BCUT2D eigenvalue weighted by Gasteiger charge is 2.42. The first-order chi connectivity index (χ1) is 16.8. The summed E-state index contributed by atoms with van der Waals surface area (Å²) in [5, 5.41) is 5.18. The third-order valence-electron chi connectivity index (χ3n) is 7.53. The molecule has 3 aromatic rings. The van der Waals surface area contributed by atoms with E-state index >= 15 is 0 Å². The molecule has 1 aliphatic carbocycles. The van der Waals surface area contributed by atoms with Gasteiger partial charge in [0.15, 0.2) is 0 Å². The van der Waals surface area contributed by atoms with Gasteiger partial charge in [0.2, 0.25) is 0 Å². The van der Waals surface area contributed by atoms with Crippen molar-refractivity contribution >= 4 is 22.6 Å². The molecule has 3 aromatic carbocycles. The van der Waals surface area contributed by atoms with Crippen molar-refractivity contribution < 1.29 is 14.3 Å². The molecule has 0 aliphatic heterocycles. The molecule has 0 saturated heterocycles. The number of carbonyl (C=O) groups is 2. The van der Waals surface area contributed by atoms with Crippen molar-refractivity contribution in [1.82, 2.24) is 5.32 Å². The van der Waals surface area contributed by atoms with Gasteiger partial charge in [-0.25, -0.2) is 4.79 Å². The van der Waals surface area contributed by atoms with Crippen LogP contribution in [0.25, 0.3) is 10.8 Å². The van der Waals surface area contributed by atoms with Gasteiger partial charge in [-0.05, 0) is 59.6 Å². The lowest BCUT2D eigenvalue weighted by Crippen LogP contribution is -2.44. The summed E-state index contributed by atoms with van der Waals surface area (Å²) in [7, 11) is 0. The third kappa shape index (κ3) is 5.48. The minimum atomic E-state index is -0.477. The lowest BCUT2D eigenvalue weighted by atomic mass is 9.64. The Morgan fingerprint density at radius 1 is 0.943 bits per heavy atom. The van der Waals surface area contributed by atoms with Crippen LogP contribution >= 0.6 is 0 Å². The van der Waals surface area contributed by atoms with Gasteiger partial charge in [-0.3, -0.25) is 4.79 Å². The normalized spacial score (nSPS) is 20.9. The number of nitrogens with one attached hydrogen (secondary N) is 1. The van der Waals surface area contributed by atoms with E-state index in [0.717, 1.165) is 19.3 Å². The van der Waals surface area contributed by atoms with Crippen LogP contribution in [0.2, 0.25) is 0 Å². The molecule has 0 spiro atoms. The molecule has 0 aromatic heterocycles. The van der Waals surface area contributed by atoms with Crippen molar-refractivity contribution in [3.8, 4) is 0 Å². The van der Waals surface area contributed by atoms with Gasteiger partial charge in [0.05, 0.1) is 0 Å². The first-order valence-corrected chi connectivity index (χ1v) is 12.5. The number of fused-ring (bicyclic) bond motifs is 1. The number of hydrogen-bond donors (Lipinski definition) is 1. The van der Waals surface area contributed by atoms with Crippen LogP contribution in [0.4, 0.5) is 0 Å². The average molecular weight is 470 g/mol. The van der Waals surface area contributed by atoms with E-state index in [1.807, 2.05) is 6.07 Å². The quantitative estimate of drug-likeness (QED) is 0.319. The van der Waals surface area contributed by atoms with Crippen molar-refractivity contribution in [2.45, 2.75) is 58.5 Å². The number of hydrogen-bond acceptors (Lipinski definition) is 3. The SMILES string of the molecule is C/C=C(/NC(=O)c1ccccc1)C(=O)O[C@@H]1C[C@H](C)CC[C@H]1C(C)(C)c1ccc2ccccc2c1.